The molecular formula is C126H200N10. The minimum atomic E-state index is -2.16. The van der Waals surface area contributed by atoms with Crippen LogP contribution in [0.15, 0.2) is 270 Å². The van der Waals surface area contributed by atoms with E-state index in [0.29, 0.717) is 29.6 Å². The molecule has 754 valence electrons. The summed E-state index contributed by atoms with van der Waals surface area (Å²) in [4.78, 5) is 20.5. The maximum Gasteiger partial charge on any atom is 0.107 e. The third-order valence-corrected chi connectivity index (χ3v) is 31.9. The van der Waals surface area contributed by atoms with Crippen LogP contribution in [-0.4, -0.2) is 55.3 Å². The molecule has 0 saturated heterocycles. The minimum Gasteiger partial charge on any atom is -0.328 e. The lowest BCUT2D eigenvalue weighted by atomic mass is 9.57. The SMILES string of the molecule is C.C.C.C.C.C.C.C.C.C.C.C.C.[2H]C([2H])([2H])C1N2C=CC(C)(C)C2=C(C)N1c1ccccc1C.[2H]C([2H])([2H])C1N2C=CC(C)(C3CCCC3)C2=C(C)N1c1ccccc1C.[2H]C([2H])([2H])C1N2C=CC(C)(c3ccccc3)C2=C(C)N1c1ccccc1C.[2H]C([2H])([2H])C1N2C=CC(C3CCCCC3)(C3CCCC3)C2=C(C)N1c1ccccc1C.[2H]C([2H])([2H])C1N2C=CC(C3CCCCC3)(C3CCCCC3)C2=C(C)N1c1ccccc1C. The van der Waals surface area contributed by atoms with Gasteiger partial charge in [0.25, 0.3) is 0 Å². The van der Waals surface area contributed by atoms with Crippen LogP contribution in [0, 0.1) is 85.9 Å². The van der Waals surface area contributed by atoms with Crippen LogP contribution in [0.4, 0.5) is 28.4 Å². The summed E-state index contributed by atoms with van der Waals surface area (Å²) < 4.78 is 125. The quantitative estimate of drug-likeness (QED) is 0.125. The number of benzene rings is 6. The van der Waals surface area contributed by atoms with E-state index in [1.165, 1.54) is 165 Å². The van der Waals surface area contributed by atoms with E-state index in [9.17, 15) is 0 Å². The highest BCUT2D eigenvalue weighted by Gasteiger charge is 2.59. The van der Waals surface area contributed by atoms with Crippen molar-refractivity contribution in [1.29, 1.82) is 0 Å². The maximum absolute atomic E-state index is 8.53. The third kappa shape index (κ3) is 20.2. The Balaban J connectivity index is 0.000000386. The van der Waals surface area contributed by atoms with Crippen LogP contribution in [-0.2, 0) is 5.41 Å². The van der Waals surface area contributed by atoms with Gasteiger partial charge in [0.05, 0.1) is 11.1 Å². The molecule has 21 rings (SSSR count). The van der Waals surface area contributed by atoms with Crippen molar-refractivity contribution < 1.29 is 20.6 Å². The lowest BCUT2D eigenvalue weighted by Gasteiger charge is -2.47. The van der Waals surface area contributed by atoms with Crippen LogP contribution >= 0.6 is 0 Å². The fraction of sp³-hybridized carbons (Fsp3) is 0.556. The van der Waals surface area contributed by atoms with Crippen molar-refractivity contribution in [1.82, 2.24) is 24.5 Å². The summed E-state index contributed by atoms with van der Waals surface area (Å²) in [5, 5.41) is 0. The van der Waals surface area contributed by atoms with Crippen LogP contribution in [0.5, 0.6) is 0 Å². The number of aryl methyl sites for hydroxylation is 5. The zero-order valence-electron chi connectivity index (χ0n) is 91.2. The molecular weight excluding hydrogens is 1650 g/mol. The van der Waals surface area contributed by atoms with Crippen LogP contribution in [0.3, 0.4) is 0 Å². The van der Waals surface area contributed by atoms with E-state index in [1.807, 2.05) is 185 Å². The Bertz CT molecular complexity index is 5780. The first-order valence-electron chi connectivity index (χ1n) is 54.6. The van der Waals surface area contributed by atoms with Gasteiger partial charge in [-0.15, -0.1) is 0 Å². The van der Waals surface area contributed by atoms with E-state index in [2.05, 4.69) is 174 Å². The second-order valence-corrected chi connectivity index (χ2v) is 39.3. The van der Waals surface area contributed by atoms with Crippen molar-refractivity contribution in [2.75, 3.05) is 24.5 Å². The molecule has 0 aromatic heterocycles. The monoisotopic (exact) mass is 1870 g/mol. The van der Waals surface area contributed by atoms with Crippen LogP contribution in [0.1, 0.15) is 395 Å². The largest absolute Gasteiger partial charge is 0.328 e. The zero-order valence-corrected chi connectivity index (χ0v) is 76.2. The van der Waals surface area contributed by atoms with Crippen LogP contribution < -0.4 is 24.5 Å². The van der Waals surface area contributed by atoms with E-state index in [-0.39, 0.29) is 124 Å². The highest BCUT2D eigenvalue weighted by molar-refractivity contribution is 5.68. The van der Waals surface area contributed by atoms with Crippen molar-refractivity contribution >= 4 is 28.4 Å². The lowest BCUT2D eigenvalue weighted by Crippen LogP contribution is -2.41. The number of hydrogen-bond acceptors (Lipinski definition) is 10. The topological polar surface area (TPSA) is 32.4 Å². The molecule has 0 radical (unpaired) electrons. The lowest BCUT2D eigenvalue weighted by molar-refractivity contribution is 0.0921. The maximum atomic E-state index is 8.53. The Morgan fingerprint density at radius 2 is 0.463 bits per heavy atom. The number of fused-ring (bicyclic) bond motifs is 5. The Kier molecular flexibility index (Phi) is 33.8. The highest BCUT2D eigenvalue weighted by atomic mass is 15.5. The smallest absolute Gasteiger partial charge is 0.107 e. The van der Waals surface area contributed by atoms with E-state index in [4.69, 9.17) is 20.6 Å². The predicted octanol–water partition coefficient (Wildman–Crippen LogP) is 37.5. The number of allylic oxidation sites excluding steroid dienone is 10. The van der Waals surface area contributed by atoms with Crippen molar-refractivity contribution in [2.45, 2.75) is 412 Å². The molecule has 15 aliphatic rings. The molecule has 10 heteroatoms. The van der Waals surface area contributed by atoms with Crippen molar-refractivity contribution in [3.8, 4) is 0 Å². The first-order valence-corrected chi connectivity index (χ1v) is 47.1. The average Bonchev–Trinajstić information content (AvgIpc) is 1.63. The van der Waals surface area contributed by atoms with E-state index < -0.39 is 65.1 Å². The molecule has 5 fully saturated rings. The summed E-state index contributed by atoms with van der Waals surface area (Å²) in [6.07, 6.45) is 47.9. The Labute approximate surface area is 859 Å². The second kappa shape index (κ2) is 48.1. The van der Waals surface area contributed by atoms with Crippen LogP contribution in [0.25, 0.3) is 0 Å². The van der Waals surface area contributed by atoms with E-state index >= 15 is 0 Å². The van der Waals surface area contributed by atoms with Gasteiger partial charge in [0, 0.05) is 153 Å². The predicted molar refractivity (Wildman–Crippen MR) is 606 cm³/mol. The van der Waals surface area contributed by atoms with Gasteiger partial charge in [-0.05, 0) is 268 Å². The number of rotatable bonds is 11. The molecule has 10 heterocycles. The van der Waals surface area contributed by atoms with Crippen molar-refractivity contribution in [2.24, 2.45) is 51.2 Å². The molecule has 0 bridgehead atoms. The van der Waals surface area contributed by atoms with E-state index in [0.717, 1.165) is 102 Å². The normalized spacial score (nSPS) is 27.6. The summed E-state index contributed by atoms with van der Waals surface area (Å²) >= 11 is 0. The van der Waals surface area contributed by atoms with Gasteiger partial charge in [-0.2, -0.15) is 0 Å². The van der Waals surface area contributed by atoms with Gasteiger partial charge < -0.3 is 49.0 Å². The molecule has 10 nitrogen and oxygen atoms in total. The summed E-state index contributed by atoms with van der Waals surface area (Å²) in [5.41, 5.74) is 22.4. The molecule has 8 unspecified atom stereocenters. The second-order valence-electron chi connectivity index (χ2n) is 39.3. The molecule has 0 N–H and O–H groups in total. The van der Waals surface area contributed by atoms with Gasteiger partial charge in [-0.3, -0.25) is 0 Å². The Morgan fingerprint density at radius 3 is 0.772 bits per heavy atom. The van der Waals surface area contributed by atoms with Crippen molar-refractivity contribution in [3.05, 3.63) is 303 Å². The molecule has 136 heavy (non-hydrogen) atoms. The fourth-order valence-electron chi connectivity index (χ4n) is 25.9. The number of hydrogen-bond donors (Lipinski definition) is 0. The summed E-state index contributed by atoms with van der Waals surface area (Å²) in [7, 11) is 0. The standard InChI is InChI=1S/C27H38N2.C26H36N2.C22H24N2.C21H28N2.C17H22N2.13CH4/c1-20-12-10-11-17-25(20)29-21(2)26-27(18-19-28(26)22(29)3,23-13-6-4-7-14-23)24-15-8-5-9-16-24;1-19-11-7-10-16-24(19)28-20(2)25-26(23-14-8-9-15-23,17-18-27(25)21(28)3)22-12-5-4-6-13-22;1-16-10-8-9-13-20(16)24-17(2)21-22(4,14-15-23(21)18(24)3)19-11-6-5-7-12-19;1-15-9-5-8-12-19(15)23-16(2)20-21(4,18-10-6-7-11-18)13-14-22(20)17(23)3;1-12-8-6-7-9-15(12)19-13(2)16-17(4,5)10-11-18(16)14(19)3;;;;;;;;;;;;;/h10-12,17-19,22-24H,4-9,13-16H2,1-3H3;7,10-11,16-18,21-23H,4-6,8-9,12-15H2,1-3H3;5-15,18H,1-4H3;5,8-9,12-14,17-18H,6-7,10-11H2,1-4H3;6-11,14H,1-5H3;13*1H4/i5*3D3;;;;;;;;;;;;;. The van der Waals surface area contributed by atoms with Gasteiger partial charge in [0.2, 0.25) is 0 Å². The summed E-state index contributed by atoms with van der Waals surface area (Å²) in [6, 6.07) is 50.8. The van der Waals surface area contributed by atoms with E-state index in [1.54, 1.807) is 0 Å². The first-order chi connectivity index (χ1) is 65.3. The van der Waals surface area contributed by atoms with Crippen LogP contribution in [0.2, 0.25) is 0 Å². The summed E-state index contributed by atoms with van der Waals surface area (Å²) in [5.74, 6) is 3.11. The third-order valence-electron chi connectivity index (χ3n) is 31.9. The molecule has 6 aromatic carbocycles. The highest BCUT2D eigenvalue weighted by Crippen LogP contribution is 2.65. The van der Waals surface area contributed by atoms with Gasteiger partial charge >= 0.3 is 0 Å². The van der Waals surface area contributed by atoms with Gasteiger partial charge in [0.1, 0.15) is 30.8 Å². The molecule has 0 amide bonds. The zero-order chi connectivity index (χ0) is 98.7. The molecule has 0 spiro atoms. The first kappa shape index (κ1) is 95.6. The summed E-state index contributed by atoms with van der Waals surface area (Å²) in [6.45, 7) is 19.0. The van der Waals surface area contributed by atoms with Gasteiger partial charge in [-0.25, -0.2) is 0 Å². The molecule has 5 aliphatic carbocycles. The molecule has 6 aromatic rings. The minimum absolute atomic E-state index is 0. The number of para-hydroxylation sites is 5. The Hall–Kier alpha value is -9.28. The average molecular weight is 1870 g/mol. The van der Waals surface area contributed by atoms with Crippen molar-refractivity contribution in [3.63, 3.8) is 0 Å². The number of nitrogens with zero attached hydrogens (tertiary/aromatic N) is 10. The Morgan fingerprint density at radius 1 is 0.235 bits per heavy atom. The number of anilines is 5. The van der Waals surface area contributed by atoms with Gasteiger partial charge in [0.15, 0.2) is 0 Å². The molecule has 5 saturated carbocycles. The van der Waals surface area contributed by atoms with Gasteiger partial charge in [-0.1, -0.05) is 352 Å². The molecule has 10 aliphatic heterocycles. The molecule has 8 atom stereocenters. The fourth-order valence-corrected chi connectivity index (χ4v) is 25.9.